The molecule has 2 aliphatic rings. The topological polar surface area (TPSA) is 37.8 Å². The summed E-state index contributed by atoms with van der Waals surface area (Å²) in [6.45, 7) is 17.6. The summed E-state index contributed by atoms with van der Waals surface area (Å²) in [6.07, 6.45) is 6.78. The second-order valence-corrected chi connectivity index (χ2v) is 7.93. The zero-order valence-corrected chi connectivity index (χ0v) is 20.7. The van der Waals surface area contributed by atoms with Gasteiger partial charge in [-0.05, 0) is 51.0 Å². The van der Waals surface area contributed by atoms with Crippen molar-refractivity contribution in [3.8, 4) is 11.5 Å². The standard InChI is InChI=1S/C20H25N3O2.C4H10.C2H6/c1-5-7-15-10-18-19(25-12-24-18)11-17(15)23-14(4)22(13(2)3)16-8-6-9-21-20(16)23;1-3-4-2;1-2/h6,8-11,13-14H,5,7,12H2,1-4H3;3-4H2,1-2H3;1-2H3. The van der Waals surface area contributed by atoms with Crippen LogP contribution in [-0.4, -0.2) is 24.0 Å². The molecule has 1 atom stereocenters. The highest BCUT2D eigenvalue weighted by atomic mass is 16.7. The summed E-state index contributed by atoms with van der Waals surface area (Å²) in [6, 6.07) is 8.81. The number of aryl methyl sites for hydroxylation is 1. The van der Waals surface area contributed by atoms with Gasteiger partial charge >= 0.3 is 0 Å². The third-order valence-corrected chi connectivity index (χ3v) is 5.46. The summed E-state index contributed by atoms with van der Waals surface area (Å²) in [5, 5.41) is 0. The van der Waals surface area contributed by atoms with E-state index in [9.17, 15) is 0 Å². The van der Waals surface area contributed by atoms with Gasteiger partial charge in [-0.15, -0.1) is 0 Å². The van der Waals surface area contributed by atoms with Crippen LogP contribution in [0.5, 0.6) is 11.5 Å². The normalized spacial score (nSPS) is 15.8. The molecular formula is C26H41N3O2. The summed E-state index contributed by atoms with van der Waals surface area (Å²) >= 11 is 0. The van der Waals surface area contributed by atoms with Gasteiger partial charge in [0.25, 0.3) is 0 Å². The fourth-order valence-corrected chi connectivity index (χ4v) is 3.97. The van der Waals surface area contributed by atoms with E-state index in [1.54, 1.807) is 0 Å². The second kappa shape index (κ2) is 11.8. The van der Waals surface area contributed by atoms with Gasteiger partial charge in [-0.25, -0.2) is 4.98 Å². The first-order chi connectivity index (χ1) is 15.0. The van der Waals surface area contributed by atoms with Gasteiger partial charge in [-0.2, -0.15) is 0 Å². The van der Waals surface area contributed by atoms with Crippen LogP contribution in [0.3, 0.4) is 0 Å². The Bertz CT molecular complexity index is 820. The molecular weight excluding hydrogens is 386 g/mol. The van der Waals surface area contributed by atoms with Crippen LogP contribution in [0.15, 0.2) is 30.5 Å². The van der Waals surface area contributed by atoms with Crippen LogP contribution in [0.4, 0.5) is 17.2 Å². The van der Waals surface area contributed by atoms with Gasteiger partial charge in [-0.3, -0.25) is 0 Å². The first kappa shape index (κ1) is 24.8. The first-order valence-corrected chi connectivity index (χ1v) is 12.0. The quantitative estimate of drug-likeness (QED) is 0.500. The molecule has 1 aromatic carbocycles. The fraction of sp³-hybridized carbons (Fsp3) is 0.577. The van der Waals surface area contributed by atoms with E-state index < -0.39 is 0 Å². The molecule has 1 aromatic heterocycles. The molecule has 0 aliphatic carbocycles. The monoisotopic (exact) mass is 427 g/mol. The molecule has 0 saturated heterocycles. The van der Waals surface area contributed by atoms with E-state index in [0.717, 1.165) is 30.2 Å². The molecule has 31 heavy (non-hydrogen) atoms. The van der Waals surface area contributed by atoms with Crippen LogP contribution < -0.4 is 19.3 Å². The van der Waals surface area contributed by atoms with Crippen LogP contribution in [-0.2, 0) is 6.42 Å². The smallest absolute Gasteiger partial charge is 0.231 e. The van der Waals surface area contributed by atoms with Crippen molar-refractivity contribution in [1.29, 1.82) is 0 Å². The SMILES string of the molecule is CC.CCCC.CCCc1cc2c(cc1N1c3ncccc3N(C(C)C)C1C)OCO2. The van der Waals surface area contributed by atoms with E-state index in [0.29, 0.717) is 12.8 Å². The van der Waals surface area contributed by atoms with Gasteiger partial charge in [0.1, 0.15) is 6.17 Å². The van der Waals surface area contributed by atoms with Crippen LogP contribution in [0, 0.1) is 0 Å². The van der Waals surface area contributed by atoms with Crippen LogP contribution >= 0.6 is 0 Å². The molecule has 2 aliphatic heterocycles. The molecule has 3 heterocycles. The summed E-state index contributed by atoms with van der Waals surface area (Å²) in [5.41, 5.74) is 3.63. The molecule has 0 radical (unpaired) electrons. The number of ether oxygens (including phenoxy) is 2. The van der Waals surface area contributed by atoms with Gasteiger partial charge in [0.05, 0.1) is 11.4 Å². The summed E-state index contributed by atoms with van der Waals surface area (Å²) in [5.74, 6) is 2.68. The summed E-state index contributed by atoms with van der Waals surface area (Å²) in [7, 11) is 0. The van der Waals surface area contributed by atoms with Gasteiger partial charge in [0.2, 0.25) is 6.79 Å². The molecule has 0 fully saturated rings. The average Bonchev–Trinajstić information content (AvgIpc) is 3.35. The van der Waals surface area contributed by atoms with E-state index in [4.69, 9.17) is 14.5 Å². The second-order valence-electron chi connectivity index (χ2n) is 7.93. The van der Waals surface area contributed by atoms with Crippen molar-refractivity contribution in [3.05, 3.63) is 36.0 Å². The van der Waals surface area contributed by atoms with E-state index in [2.05, 4.69) is 69.5 Å². The van der Waals surface area contributed by atoms with Crippen molar-refractivity contribution in [2.45, 2.75) is 93.3 Å². The number of pyridine rings is 1. The molecule has 0 spiro atoms. The van der Waals surface area contributed by atoms with Crippen molar-refractivity contribution < 1.29 is 9.47 Å². The van der Waals surface area contributed by atoms with Gasteiger partial charge in [0.15, 0.2) is 17.3 Å². The number of hydrogen-bond donors (Lipinski definition) is 0. The predicted molar refractivity (Wildman–Crippen MR) is 132 cm³/mol. The fourth-order valence-electron chi connectivity index (χ4n) is 3.97. The van der Waals surface area contributed by atoms with Gasteiger partial charge in [0, 0.05) is 18.3 Å². The predicted octanol–water partition coefficient (Wildman–Crippen LogP) is 7.31. The molecule has 5 heteroatoms. The number of anilines is 3. The number of aromatic nitrogens is 1. The lowest BCUT2D eigenvalue weighted by atomic mass is 10.1. The first-order valence-electron chi connectivity index (χ1n) is 12.0. The maximum atomic E-state index is 5.65. The summed E-state index contributed by atoms with van der Waals surface area (Å²) < 4.78 is 11.2. The van der Waals surface area contributed by atoms with Crippen LogP contribution in [0.2, 0.25) is 0 Å². The Balaban J connectivity index is 0.000000513. The Kier molecular flexibility index (Phi) is 9.47. The minimum Gasteiger partial charge on any atom is -0.454 e. The molecule has 0 amide bonds. The zero-order chi connectivity index (χ0) is 23.0. The maximum absolute atomic E-state index is 5.65. The van der Waals surface area contributed by atoms with Crippen LogP contribution in [0.25, 0.3) is 0 Å². The van der Waals surface area contributed by atoms with E-state index >= 15 is 0 Å². The molecule has 2 aromatic rings. The van der Waals surface area contributed by atoms with Crippen molar-refractivity contribution in [2.24, 2.45) is 0 Å². The van der Waals surface area contributed by atoms with E-state index in [1.165, 1.54) is 29.8 Å². The average molecular weight is 428 g/mol. The third kappa shape index (κ3) is 5.25. The van der Waals surface area contributed by atoms with Crippen molar-refractivity contribution in [2.75, 3.05) is 16.6 Å². The molecule has 1 unspecified atom stereocenters. The number of hydrogen-bond acceptors (Lipinski definition) is 5. The molecule has 5 nitrogen and oxygen atoms in total. The van der Waals surface area contributed by atoms with E-state index in [-0.39, 0.29) is 6.17 Å². The zero-order valence-electron chi connectivity index (χ0n) is 20.7. The Hall–Kier alpha value is -2.43. The minimum absolute atomic E-state index is 0.195. The van der Waals surface area contributed by atoms with Gasteiger partial charge in [-0.1, -0.05) is 53.9 Å². The molecule has 172 valence electrons. The molecule has 0 bridgehead atoms. The number of nitrogens with zero attached hydrogens (tertiary/aromatic N) is 3. The Morgan fingerprint density at radius 2 is 1.65 bits per heavy atom. The number of rotatable bonds is 5. The van der Waals surface area contributed by atoms with E-state index in [1.807, 2.05) is 26.1 Å². The highest BCUT2D eigenvalue weighted by Crippen LogP contribution is 2.47. The lowest BCUT2D eigenvalue weighted by Crippen LogP contribution is -2.42. The summed E-state index contributed by atoms with van der Waals surface area (Å²) in [4.78, 5) is 9.46. The maximum Gasteiger partial charge on any atom is 0.231 e. The van der Waals surface area contributed by atoms with Crippen molar-refractivity contribution in [3.63, 3.8) is 0 Å². The van der Waals surface area contributed by atoms with Crippen LogP contribution in [0.1, 0.15) is 80.2 Å². The highest BCUT2D eigenvalue weighted by Gasteiger charge is 2.37. The Labute approximate surface area is 189 Å². The number of fused-ring (bicyclic) bond motifs is 2. The lowest BCUT2D eigenvalue weighted by molar-refractivity contribution is 0.174. The minimum atomic E-state index is 0.195. The van der Waals surface area contributed by atoms with Gasteiger partial charge < -0.3 is 19.3 Å². The Morgan fingerprint density at radius 3 is 2.23 bits per heavy atom. The lowest BCUT2D eigenvalue weighted by Gasteiger charge is -2.33. The number of benzene rings is 1. The molecule has 0 saturated carbocycles. The largest absolute Gasteiger partial charge is 0.454 e. The Morgan fingerprint density at radius 1 is 1.00 bits per heavy atom. The molecule has 4 rings (SSSR count). The van der Waals surface area contributed by atoms with Crippen molar-refractivity contribution in [1.82, 2.24) is 4.98 Å². The molecule has 0 N–H and O–H groups in total. The third-order valence-electron chi connectivity index (χ3n) is 5.46. The highest BCUT2D eigenvalue weighted by molar-refractivity contribution is 5.83. The van der Waals surface area contributed by atoms with Crippen molar-refractivity contribution >= 4 is 17.2 Å². The number of unbranched alkanes of at least 4 members (excludes halogenated alkanes) is 1.